The second-order valence-corrected chi connectivity index (χ2v) is 7.42. The Bertz CT molecular complexity index is 1010. The van der Waals surface area contributed by atoms with E-state index < -0.39 is 0 Å². The Balaban J connectivity index is 1.53. The Kier molecular flexibility index (Phi) is 7.58. The molecule has 6 nitrogen and oxygen atoms in total. The highest BCUT2D eigenvalue weighted by Gasteiger charge is 2.23. The zero-order valence-electron chi connectivity index (χ0n) is 17.3. The number of para-hydroxylation sites is 1. The van der Waals surface area contributed by atoms with Gasteiger partial charge in [0.25, 0.3) is 0 Å². The Morgan fingerprint density at radius 1 is 1.13 bits per heavy atom. The fourth-order valence-electron chi connectivity index (χ4n) is 3.04. The van der Waals surface area contributed by atoms with E-state index in [1.165, 1.54) is 6.08 Å². The molecule has 1 saturated heterocycles. The van der Waals surface area contributed by atoms with Gasteiger partial charge < -0.3 is 19.9 Å². The lowest BCUT2D eigenvalue weighted by atomic mass is 10.2. The molecule has 2 aromatic rings. The lowest BCUT2D eigenvalue weighted by Crippen LogP contribution is -2.53. The van der Waals surface area contributed by atoms with Crippen LogP contribution in [0.2, 0.25) is 5.02 Å². The lowest BCUT2D eigenvalue weighted by molar-refractivity contribution is -0.127. The van der Waals surface area contributed by atoms with Crippen molar-refractivity contribution in [3.05, 3.63) is 71.8 Å². The highest BCUT2D eigenvalue weighted by molar-refractivity contribution is 6.32. The van der Waals surface area contributed by atoms with Crippen molar-refractivity contribution in [2.45, 2.75) is 13.0 Å². The van der Waals surface area contributed by atoms with E-state index in [0.717, 1.165) is 5.56 Å². The summed E-state index contributed by atoms with van der Waals surface area (Å²) in [6.07, 6.45) is 1.29. The second kappa shape index (κ2) is 10.6. The fourth-order valence-corrected chi connectivity index (χ4v) is 3.26. The maximum atomic E-state index is 12.4. The molecule has 1 N–H and O–H groups in total. The number of nitrogens with one attached hydrogen (secondary N) is 1. The molecule has 3 amide bonds. The van der Waals surface area contributed by atoms with E-state index in [4.69, 9.17) is 16.3 Å². The van der Waals surface area contributed by atoms with Crippen LogP contribution < -0.4 is 10.1 Å². The van der Waals surface area contributed by atoms with Crippen LogP contribution in [0.5, 0.6) is 11.5 Å². The molecule has 2 aromatic carbocycles. The van der Waals surface area contributed by atoms with Crippen molar-refractivity contribution in [2.24, 2.45) is 0 Å². The molecule has 1 heterocycles. The summed E-state index contributed by atoms with van der Waals surface area (Å²) in [5, 5.41) is 3.33. The van der Waals surface area contributed by atoms with Crippen LogP contribution >= 0.6 is 11.6 Å². The molecular weight excluding hydrogens is 414 g/mol. The van der Waals surface area contributed by atoms with Crippen molar-refractivity contribution >= 4 is 23.5 Å². The number of amides is 3. The van der Waals surface area contributed by atoms with Crippen LogP contribution in [0.15, 0.2) is 61.2 Å². The number of hydrogen-bond donors (Lipinski definition) is 1. The molecule has 0 aliphatic carbocycles. The predicted molar refractivity (Wildman–Crippen MR) is 121 cm³/mol. The first kappa shape index (κ1) is 22.3. The van der Waals surface area contributed by atoms with Crippen molar-refractivity contribution < 1.29 is 14.3 Å². The Morgan fingerprint density at radius 2 is 1.81 bits per heavy atom. The Hall–Kier alpha value is -3.43. The molecule has 0 saturated carbocycles. The largest absolute Gasteiger partial charge is 0.456 e. The van der Waals surface area contributed by atoms with Crippen molar-refractivity contribution in [1.82, 2.24) is 15.1 Å². The van der Waals surface area contributed by atoms with Gasteiger partial charge in [-0.1, -0.05) is 48.2 Å². The molecular formula is C24H24ClN3O3. The maximum Gasteiger partial charge on any atom is 0.318 e. The van der Waals surface area contributed by atoms with E-state index in [9.17, 15) is 9.59 Å². The van der Waals surface area contributed by atoms with E-state index in [2.05, 4.69) is 23.7 Å². The molecule has 1 aliphatic heterocycles. The number of ether oxygens (including phenoxy) is 1. The van der Waals surface area contributed by atoms with Gasteiger partial charge in [-0.05, 0) is 43.3 Å². The van der Waals surface area contributed by atoms with Gasteiger partial charge in [-0.25, -0.2) is 4.79 Å². The SMILES string of the molecule is C=CC(=O)N1CCN(C(=O)NC(C)C#Cc2ccc(Oc3ccccc3)c(Cl)c2)CC1. The highest BCUT2D eigenvalue weighted by Crippen LogP contribution is 2.29. The van der Waals surface area contributed by atoms with Crippen molar-refractivity contribution in [3.63, 3.8) is 0 Å². The zero-order valence-corrected chi connectivity index (χ0v) is 18.1. The van der Waals surface area contributed by atoms with Gasteiger partial charge in [0.05, 0.1) is 11.1 Å². The number of piperazine rings is 1. The number of carbonyl (C=O) groups excluding carboxylic acids is 2. The first-order chi connectivity index (χ1) is 15.0. The predicted octanol–water partition coefficient (Wildman–Crippen LogP) is 3.91. The summed E-state index contributed by atoms with van der Waals surface area (Å²) < 4.78 is 5.77. The van der Waals surface area contributed by atoms with Crippen LogP contribution in [0.3, 0.4) is 0 Å². The number of benzene rings is 2. The monoisotopic (exact) mass is 437 g/mol. The number of carbonyl (C=O) groups is 2. The average molecular weight is 438 g/mol. The molecule has 0 radical (unpaired) electrons. The number of urea groups is 1. The first-order valence-corrected chi connectivity index (χ1v) is 10.3. The van der Waals surface area contributed by atoms with Gasteiger partial charge in [0.1, 0.15) is 11.5 Å². The summed E-state index contributed by atoms with van der Waals surface area (Å²) in [4.78, 5) is 27.4. The van der Waals surface area contributed by atoms with E-state index in [0.29, 0.717) is 42.7 Å². The summed E-state index contributed by atoms with van der Waals surface area (Å²) in [5.41, 5.74) is 0.725. The van der Waals surface area contributed by atoms with Crippen LogP contribution in [0.1, 0.15) is 12.5 Å². The van der Waals surface area contributed by atoms with Crippen molar-refractivity contribution in [2.75, 3.05) is 26.2 Å². The van der Waals surface area contributed by atoms with E-state index in [-0.39, 0.29) is 18.0 Å². The molecule has 1 aliphatic rings. The van der Waals surface area contributed by atoms with Crippen LogP contribution in [0, 0.1) is 11.8 Å². The number of rotatable bonds is 4. The van der Waals surface area contributed by atoms with Crippen molar-refractivity contribution in [3.8, 4) is 23.3 Å². The summed E-state index contributed by atoms with van der Waals surface area (Å²) >= 11 is 6.32. The van der Waals surface area contributed by atoms with E-state index >= 15 is 0 Å². The summed E-state index contributed by atoms with van der Waals surface area (Å²) in [7, 11) is 0. The lowest BCUT2D eigenvalue weighted by Gasteiger charge is -2.34. The van der Waals surface area contributed by atoms with Gasteiger partial charge >= 0.3 is 6.03 Å². The molecule has 1 unspecified atom stereocenters. The fraction of sp³-hybridized carbons (Fsp3) is 0.250. The standard InChI is InChI=1S/C24H24ClN3O3/c1-3-23(29)27-13-15-28(16-14-27)24(30)26-18(2)9-10-19-11-12-22(21(25)17-19)31-20-7-5-4-6-8-20/h3-8,11-12,17-18H,1,13-16H2,2H3,(H,26,30). The van der Waals surface area contributed by atoms with Crippen LogP contribution in [-0.4, -0.2) is 54.0 Å². The summed E-state index contributed by atoms with van der Waals surface area (Å²) in [5.74, 6) is 7.18. The van der Waals surface area contributed by atoms with Gasteiger partial charge in [-0.3, -0.25) is 4.79 Å². The van der Waals surface area contributed by atoms with Gasteiger partial charge in [-0.2, -0.15) is 0 Å². The normalized spacial score (nSPS) is 14.1. The third kappa shape index (κ3) is 6.27. The first-order valence-electron chi connectivity index (χ1n) is 9.97. The highest BCUT2D eigenvalue weighted by atomic mass is 35.5. The topological polar surface area (TPSA) is 61.9 Å². The number of halogens is 1. The van der Waals surface area contributed by atoms with Crippen LogP contribution in [0.25, 0.3) is 0 Å². The van der Waals surface area contributed by atoms with Crippen LogP contribution in [0.4, 0.5) is 4.79 Å². The van der Waals surface area contributed by atoms with Gasteiger partial charge in [0.15, 0.2) is 0 Å². The molecule has 7 heteroatoms. The molecule has 0 aromatic heterocycles. The van der Waals surface area contributed by atoms with Gasteiger partial charge in [-0.15, -0.1) is 0 Å². The summed E-state index contributed by atoms with van der Waals surface area (Å²) in [6, 6.07) is 14.2. The van der Waals surface area contributed by atoms with E-state index in [1.54, 1.807) is 21.9 Å². The molecule has 1 atom stereocenters. The molecule has 3 rings (SSSR count). The average Bonchev–Trinajstić information content (AvgIpc) is 2.79. The minimum absolute atomic E-state index is 0.113. The third-order valence-corrected chi connectivity index (χ3v) is 5.02. The van der Waals surface area contributed by atoms with Gasteiger partial charge in [0.2, 0.25) is 5.91 Å². The maximum absolute atomic E-state index is 12.4. The summed E-state index contributed by atoms with van der Waals surface area (Å²) in [6.45, 7) is 7.25. The van der Waals surface area contributed by atoms with E-state index in [1.807, 2.05) is 43.3 Å². The minimum atomic E-state index is -0.348. The molecule has 31 heavy (non-hydrogen) atoms. The molecule has 0 spiro atoms. The smallest absolute Gasteiger partial charge is 0.318 e. The third-order valence-electron chi connectivity index (χ3n) is 4.73. The zero-order chi connectivity index (χ0) is 22.2. The quantitative estimate of drug-likeness (QED) is 0.582. The Morgan fingerprint density at radius 3 is 2.45 bits per heavy atom. The minimum Gasteiger partial charge on any atom is -0.456 e. The molecule has 1 fully saturated rings. The Labute approximate surface area is 187 Å². The second-order valence-electron chi connectivity index (χ2n) is 7.02. The number of hydrogen-bond acceptors (Lipinski definition) is 3. The van der Waals surface area contributed by atoms with Crippen molar-refractivity contribution in [1.29, 1.82) is 0 Å². The van der Waals surface area contributed by atoms with Crippen LogP contribution in [-0.2, 0) is 4.79 Å². The molecule has 0 bridgehead atoms. The number of nitrogens with zero attached hydrogens (tertiary/aromatic N) is 2. The van der Waals surface area contributed by atoms with Gasteiger partial charge in [0, 0.05) is 31.7 Å². The molecule has 160 valence electrons.